The van der Waals surface area contributed by atoms with E-state index >= 15 is 0 Å². The van der Waals surface area contributed by atoms with Crippen molar-refractivity contribution in [3.05, 3.63) is 59.8 Å². The molecule has 0 fully saturated rings. The topological polar surface area (TPSA) is 86.9 Å². The normalized spacial score (nSPS) is 16.2. The minimum Gasteiger partial charge on any atom is -0.369 e. The van der Waals surface area contributed by atoms with E-state index in [0.29, 0.717) is 17.8 Å². The number of benzene rings is 2. The molecular formula is C24H24N4O2. The summed E-state index contributed by atoms with van der Waals surface area (Å²) in [5.41, 5.74) is 10.7. The van der Waals surface area contributed by atoms with Gasteiger partial charge in [0.2, 0.25) is 11.7 Å². The summed E-state index contributed by atoms with van der Waals surface area (Å²) in [4.78, 5) is 16.6. The molecule has 2 N–H and O–H groups in total. The van der Waals surface area contributed by atoms with Crippen molar-refractivity contribution in [1.29, 1.82) is 0 Å². The van der Waals surface area contributed by atoms with Crippen LogP contribution in [0.4, 0.5) is 0 Å². The Morgan fingerprint density at radius 2 is 2.10 bits per heavy atom. The third-order valence-corrected chi connectivity index (χ3v) is 6.04. The van der Waals surface area contributed by atoms with Crippen molar-refractivity contribution in [2.75, 3.05) is 0 Å². The van der Waals surface area contributed by atoms with Gasteiger partial charge in [-0.2, -0.15) is 4.98 Å². The molecule has 6 heteroatoms. The molecular weight excluding hydrogens is 376 g/mol. The van der Waals surface area contributed by atoms with Gasteiger partial charge in [-0.1, -0.05) is 23.4 Å². The van der Waals surface area contributed by atoms with Crippen LogP contribution in [0.2, 0.25) is 0 Å². The zero-order valence-corrected chi connectivity index (χ0v) is 17.1. The van der Waals surface area contributed by atoms with Gasteiger partial charge in [0.15, 0.2) is 0 Å². The second-order valence-corrected chi connectivity index (χ2v) is 8.23. The van der Waals surface area contributed by atoms with Crippen LogP contribution in [0.15, 0.2) is 53.2 Å². The van der Waals surface area contributed by atoms with Gasteiger partial charge in [-0.3, -0.25) is 4.79 Å². The molecule has 30 heavy (non-hydrogen) atoms. The first-order valence-corrected chi connectivity index (χ1v) is 10.4. The molecule has 2 heterocycles. The number of aromatic nitrogens is 3. The lowest BCUT2D eigenvalue weighted by Gasteiger charge is -2.24. The summed E-state index contributed by atoms with van der Waals surface area (Å²) in [6.45, 7) is 4.34. The second-order valence-electron chi connectivity index (χ2n) is 8.23. The van der Waals surface area contributed by atoms with Crippen LogP contribution in [0.1, 0.15) is 49.8 Å². The second kappa shape index (κ2) is 7.13. The van der Waals surface area contributed by atoms with E-state index in [2.05, 4.69) is 53.0 Å². The van der Waals surface area contributed by atoms with E-state index in [4.69, 9.17) is 10.3 Å². The molecule has 1 amide bonds. The Bertz CT molecular complexity index is 1250. The molecule has 1 atom stereocenters. The van der Waals surface area contributed by atoms with E-state index in [1.54, 1.807) is 0 Å². The monoisotopic (exact) mass is 400 g/mol. The first kappa shape index (κ1) is 18.6. The molecule has 0 aliphatic heterocycles. The van der Waals surface area contributed by atoms with Crippen LogP contribution in [0, 0.1) is 0 Å². The molecule has 0 radical (unpaired) electrons. The Morgan fingerprint density at radius 1 is 1.23 bits per heavy atom. The number of rotatable bonds is 4. The number of fused-ring (bicyclic) bond motifs is 2. The maximum Gasteiger partial charge on any atom is 0.258 e. The van der Waals surface area contributed by atoms with Crippen LogP contribution in [-0.2, 0) is 11.2 Å². The van der Waals surface area contributed by atoms with E-state index in [0.717, 1.165) is 46.9 Å². The molecule has 0 saturated heterocycles. The third kappa shape index (κ3) is 3.00. The van der Waals surface area contributed by atoms with Crippen molar-refractivity contribution >= 4 is 16.8 Å². The van der Waals surface area contributed by atoms with Gasteiger partial charge in [0.25, 0.3) is 5.89 Å². The summed E-state index contributed by atoms with van der Waals surface area (Å²) in [5, 5.41) is 5.39. The number of nitrogens with zero attached hydrogens (tertiary/aromatic N) is 3. The quantitative estimate of drug-likeness (QED) is 0.531. The van der Waals surface area contributed by atoms with E-state index in [1.165, 1.54) is 5.52 Å². The van der Waals surface area contributed by atoms with Gasteiger partial charge in [-0.15, -0.1) is 0 Å². The largest absolute Gasteiger partial charge is 0.369 e. The lowest BCUT2D eigenvalue weighted by atomic mass is 9.80. The van der Waals surface area contributed by atoms with Gasteiger partial charge >= 0.3 is 0 Å². The molecule has 6 nitrogen and oxygen atoms in total. The average Bonchev–Trinajstić information content (AvgIpc) is 3.39. The van der Waals surface area contributed by atoms with Crippen LogP contribution in [-0.4, -0.2) is 20.6 Å². The highest BCUT2D eigenvalue weighted by Gasteiger charge is 2.27. The fourth-order valence-corrected chi connectivity index (χ4v) is 4.55. The smallest absolute Gasteiger partial charge is 0.258 e. The average molecular weight is 400 g/mol. The van der Waals surface area contributed by atoms with E-state index in [-0.39, 0.29) is 11.8 Å². The number of nitrogens with two attached hydrogens (primary N) is 1. The van der Waals surface area contributed by atoms with Crippen molar-refractivity contribution in [1.82, 2.24) is 14.7 Å². The Balaban J connectivity index is 1.53. The van der Waals surface area contributed by atoms with Crippen LogP contribution < -0.4 is 5.73 Å². The maximum atomic E-state index is 11.9. The van der Waals surface area contributed by atoms with Crippen molar-refractivity contribution in [2.45, 2.75) is 45.1 Å². The summed E-state index contributed by atoms with van der Waals surface area (Å²) in [5.74, 6) is 0.520. The highest BCUT2D eigenvalue weighted by molar-refractivity contribution is 5.85. The minimum atomic E-state index is -0.275. The third-order valence-electron chi connectivity index (χ3n) is 6.04. The summed E-state index contributed by atoms with van der Waals surface area (Å²) >= 11 is 0. The summed E-state index contributed by atoms with van der Waals surface area (Å²) in [6.07, 6.45) is 4.70. The van der Waals surface area contributed by atoms with E-state index < -0.39 is 0 Å². The number of hydrogen-bond donors (Lipinski definition) is 1. The molecule has 2 aromatic carbocycles. The van der Waals surface area contributed by atoms with Crippen LogP contribution >= 0.6 is 0 Å². The zero-order chi connectivity index (χ0) is 20.8. The molecule has 2 aromatic heterocycles. The van der Waals surface area contributed by atoms with Crippen LogP contribution in [0.5, 0.6) is 0 Å². The van der Waals surface area contributed by atoms with Crippen molar-refractivity contribution in [3.63, 3.8) is 0 Å². The Labute approximate surface area is 174 Å². The lowest BCUT2D eigenvalue weighted by molar-refractivity contribution is -0.119. The van der Waals surface area contributed by atoms with Gasteiger partial charge in [0.05, 0.1) is 5.92 Å². The number of primary amides is 1. The van der Waals surface area contributed by atoms with Gasteiger partial charge in [0.1, 0.15) is 0 Å². The van der Waals surface area contributed by atoms with Gasteiger partial charge in [-0.25, -0.2) is 0 Å². The molecule has 152 valence electrons. The molecule has 0 saturated carbocycles. The summed E-state index contributed by atoms with van der Waals surface area (Å²) in [6, 6.07) is 14.6. The number of carbonyl (C=O) groups excluding carboxylic acids is 1. The van der Waals surface area contributed by atoms with Gasteiger partial charge < -0.3 is 14.8 Å². The summed E-state index contributed by atoms with van der Waals surface area (Å²) in [7, 11) is 0. The van der Waals surface area contributed by atoms with Crippen molar-refractivity contribution in [2.24, 2.45) is 5.73 Å². The van der Waals surface area contributed by atoms with E-state index in [1.807, 2.05) is 24.3 Å². The fraction of sp³-hybridized carbons (Fsp3) is 0.292. The Kier molecular flexibility index (Phi) is 4.42. The lowest BCUT2D eigenvalue weighted by Crippen LogP contribution is -2.25. The highest BCUT2D eigenvalue weighted by Crippen LogP contribution is 2.37. The molecule has 0 bridgehead atoms. The first-order valence-electron chi connectivity index (χ1n) is 10.4. The SMILES string of the molecule is CC(C)n1ccc2cc(-c3nc(-c4cccc5c4CCCC5C(N)=O)no3)ccc21. The molecule has 1 unspecified atom stereocenters. The Morgan fingerprint density at radius 3 is 2.90 bits per heavy atom. The zero-order valence-electron chi connectivity index (χ0n) is 17.1. The predicted molar refractivity (Wildman–Crippen MR) is 116 cm³/mol. The van der Waals surface area contributed by atoms with Crippen LogP contribution in [0.3, 0.4) is 0 Å². The number of hydrogen-bond acceptors (Lipinski definition) is 4. The predicted octanol–water partition coefficient (Wildman–Crippen LogP) is 4.84. The molecule has 1 aliphatic rings. The molecule has 4 aromatic rings. The molecule has 0 spiro atoms. The standard InChI is InChI=1S/C24H24N4O2/c1-14(2)28-12-11-15-13-16(9-10-21(15)28)24-26-23(27-30-24)20-8-4-5-17-18(20)6-3-7-19(17)22(25)29/h4-5,8-14,19H,3,6-7H2,1-2H3,(H2,25,29). The molecule has 1 aliphatic carbocycles. The number of carbonyl (C=O) groups is 1. The van der Waals surface area contributed by atoms with Gasteiger partial charge in [-0.05, 0) is 68.5 Å². The highest BCUT2D eigenvalue weighted by atomic mass is 16.5. The fourth-order valence-electron chi connectivity index (χ4n) is 4.55. The molecule has 5 rings (SSSR count). The van der Waals surface area contributed by atoms with Crippen molar-refractivity contribution < 1.29 is 9.32 Å². The van der Waals surface area contributed by atoms with Crippen LogP contribution in [0.25, 0.3) is 33.7 Å². The van der Waals surface area contributed by atoms with Crippen molar-refractivity contribution in [3.8, 4) is 22.8 Å². The Hall–Kier alpha value is -3.41. The van der Waals surface area contributed by atoms with E-state index in [9.17, 15) is 4.79 Å². The summed E-state index contributed by atoms with van der Waals surface area (Å²) < 4.78 is 7.85. The minimum absolute atomic E-state index is 0.243. The number of amides is 1. The first-order chi connectivity index (χ1) is 14.5. The van der Waals surface area contributed by atoms with Gasteiger partial charge in [0, 0.05) is 34.3 Å². The maximum absolute atomic E-state index is 11.9.